The number of alkyl halides is 3. The van der Waals surface area contributed by atoms with Gasteiger partial charge < -0.3 is 0 Å². The Balaban J connectivity index is 1.83. The lowest BCUT2D eigenvalue weighted by Gasteiger charge is -2.06. The first-order valence-corrected chi connectivity index (χ1v) is 7.23. The second kappa shape index (κ2) is 6.52. The molecular weight excluding hydrogens is 359 g/mol. The summed E-state index contributed by atoms with van der Waals surface area (Å²) in [6.07, 6.45) is -1.12. The van der Waals surface area contributed by atoms with E-state index in [0.717, 1.165) is 18.3 Å². The SMILES string of the molecule is O=c1c(C=NNc2ccc(C(F)(F)F)cn2)c(Cl)nc2ccccn12. The highest BCUT2D eigenvalue weighted by Crippen LogP contribution is 2.28. The summed E-state index contributed by atoms with van der Waals surface area (Å²) >= 11 is 5.98. The lowest BCUT2D eigenvalue weighted by Crippen LogP contribution is -2.20. The van der Waals surface area contributed by atoms with Gasteiger partial charge in [0.15, 0.2) is 0 Å². The van der Waals surface area contributed by atoms with Crippen molar-refractivity contribution in [1.29, 1.82) is 0 Å². The number of nitrogens with zero attached hydrogens (tertiary/aromatic N) is 4. The molecule has 3 aromatic heterocycles. The van der Waals surface area contributed by atoms with Crippen LogP contribution in [0.4, 0.5) is 19.0 Å². The highest BCUT2D eigenvalue weighted by Gasteiger charge is 2.30. The van der Waals surface area contributed by atoms with Gasteiger partial charge in [0.25, 0.3) is 5.56 Å². The molecule has 3 aromatic rings. The van der Waals surface area contributed by atoms with Crippen LogP contribution < -0.4 is 11.0 Å². The van der Waals surface area contributed by atoms with Gasteiger partial charge in [-0.1, -0.05) is 17.7 Å². The molecule has 128 valence electrons. The van der Waals surface area contributed by atoms with Gasteiger partial charge in [0.2, 0.25) is 0 Å². The number of halogens is 4. The Bertz CT molecular complexity index is 999. The van der Waals surface area contributed by atoms with Crippen molar-refractivity contribution in [3.05, 3.63) is 69.4 Å². The van der Waals surface area contributed by atoms with Crippen molar-refractivity contribution in [3.8, 4) is 0 Å². The van der Waals surface area contributed by atoms with Crippen LogP contribution in [0.3, 0.4) is 0 Å². The van der Waals surface area contributed by atoms with Gasteiger partial charge in [-0.2, -0.15) is 18.3 Å². The summed E-state index contributed by atoms with van der Waals surface area (Å²) in [7, 11) is 0. The Kier molecular flexibility index (Phi) is 4.41. The summed E-state index contributed by atoms with van der Waals surface area (Å²) in [6.45, 7) is 0. The minimum Gasteiger partial charge on any atom is -0.268 e. The van der Waals surface area contributed by atoms with Crippen molar-refractivity contribution >= 4 is 29.3 Å². The van der Waals surface area contributed by atoms with Crippen molar-refractivity contribution in [1.82, 2.24) is 14.4 Å². The van der Waals surface area contributed by atoms with E-state index in [9.17, 15) is 18.0 Å². The fraction of sp³-hybridized carbons (Fsp3) is 0.0667. The molecule has 1 N–H and O–H groups in total. The molecule has 0 fully saturated rings. The summed E-state index contributed by atoms with van der Waals surface area (Å²) in [5.41, 5.74) is 1.54. The maximum absolute atomic E-state index is 12.5. The second-order valence-corrected chi connectivity index (χ2v) is 5.21. The zero-order chi connectivity index (χ0) is 18.0. The van der Waals surface area contributed by atoms with Gasteiger partial charge in [-0.05, 0) is 24.3 Å². The van der Waals surface area contributed by atoms with E-state index in [2.05, 4.69) is 20.5 Å². The van der Waals surface area contributed by atoms with Gasteiger partial charge in [-0.25, -0.2) is 9.97 Å². The van der Waals surface area contributed by atoms with Gasteiger partial charge >= 0.3 is 6.18 Å². The maximum atomic E-state index is 12.5. The van der Waals surface area contributed by atoms with Crippen LogP contribution >= 0.6 is 11.6 Å². The van der Waals surface area contributed by atoms with Crippen LogP contribution in [0.15, 0.2) is 52.6 Å². The van der Waals surface area contributed by atoms with E-state index in [4.69, 9.17) is 11.6 Å². The maximum Gasteiger partial charge on any atom is 0.417 e. The zero-order valence-corrected chi connectivity index (χ0v) is 13.1. The lowest BCUT2D eigenvalue weighted by molar-refractivity contribution is -0.137. The normalized spacial score (nSPS) is 12.0. The van der Waals surface area contributed by atoms with E-state index in [0.29, 0.717) is 11.8 Å². The van der Waals surface area contributed by atoms with Crippen molar-refractivity contribution in [2.45, 2.75) is 6.18 Å². The number of aromatic nitrogens is 3. The highest BCUT2D eigenvalue weighted by molar-refractivity contribution is 6.32. The Morgan fingerprint density at radius 2 is 2.04 bits per heavy atom. The summed E-state index contributed by atoms with van der Waals surface area (Å²) in [5.74, 6) is 0.0780. The van der Waals surface area contributed by atoms with Crippen LogP contribution in [0.1, 0.15) is 11.1 Å². The first-order valence-electron chi connectivity index (χ1n) is 6.85. The van der Waals surface area contributed by atoms with E-state index < -0.39 is 17.3 Å². The first-order chi connectivity index (χ1) is 11.9. The lowest BCUT2D eigenvalue weighted by atomic mass is 10.3. The second-order valence-electron chi connectivity index (χ2n) is 4.85. The molecule has 3 rings (SSSR count). The molecule has 0 saturated heterocycles. The van der Waals surface area contributed by atoms with Crippen LogP contribution in [-0.4, -0.2) is 20.6 Å². The minimum atomic E-state index is -4.46. The van der Waals surface area contributed by atoms with Crippen molar-refractivity contribution in [3.63, 3.8) is 0 Å². The third-order valence-electron chi connectivity index (χ3n) is 3.19. The minimum absolute atomic E-state index is 0.0322. The van der Waals surface area contributed by atoms with Gasteiger partial charge in [-0.15, -0.1) is 0 Å². The molecule has 3 heterocycles. The molecule has 6 nitrogen and oxygen atoms in total. The number of hydrazone groups is 1. The van der Waals surface area contributed by atoms with Gasteiger partial charge in [0.1, 0.15) is 16.6 Å². The summed E-state index contributed by atoms with van der Waals surface area (Å²) in [4.78, 5) is 20.0. The molecule has 0 spiro atoms. The number of hydrogen-bond acceptors (Lipinski definition) is 5. The van der Waals surface area contributed by atoms with Crippen LogP contribution in [-0.2, 0) is 6.18 Å². The molecule has 0 unspecified atom stereocenters. The van der Waals surface area contributed by atoms with Crippen LogP contribution in [0.25, 0.3) is 5.65 Å². The van der Waals surface area contributed by atoms with Gasteiger partial charge in [-0.3, -0.25) is 14.6 Å². The summed E-state index contributed by atoms with van der Waals surface area (Å²) in [5, 5.41) is 3.74. The van der Waals surface area contributed by atoms with Gasteiger partial charge in [0, 0.05) is 12.4 Å². The number of hydrogen-bond donors (Lipinski definition) is 1. The Morgan fingerprint density at radius 3 is 2.72 bits per heavy atom. The smallest absolute Gasteiger partial charge is 0.268 e. The summed E-state index contributed by atoms with van der Waals surface area (Å²) in [6, 6.07) is 6.98. The molecule has 0 aliphatic carbocycles. The average Bonchev–Trinajstić information content (AvgIpc) is 2.57. The van der Waals surface area contributed by atoms with E-state index in [1.807, 2.05) is 0 Å². The number of pyridine rings is 2. The van der Waals surface area contributed by atoms with Gasteiger partial charge in [0.05, 0.1) is 17.3 Å². The zero-order valence-electron chi connectivity index (χ0n) is 12.3. The van der Waals surface area contributed by atoms with Crippen molar-refractivity contribution < 1.29 is 13.2 Å². The first kappa shape index (κ1) is 16.9. The quantitative estimate of drug-likeness (QED) is 0.438. The van der Waals surface area contributed by atoms with Crippen LogP contribution in [0.2, 0.25) is 5.15 Å². The molecular formula is C15H9ClF3N5O. The van der Waals surface area contributed by atoms with Crippen LogP contribution in [0.5, 0.6) is 0 Å². The molecule has 25 heavy (non-hydrogen) atoms. The number of anilines is 1. The van der Waals surface area contributed by atoms with E-state index in [1.165, 1.54) is 10.6 Å². The molecule has 0 aliphatic heterocycles. The van der Waals surface area contributed by atoms with E-state index >= 15 is 0 Å². The molecule has 0 bridgehead atoms. The van der Waals surface area contributed by atoms with Crippen molar-refractivity contribution in [2.24, 2.45) is 5.10 Å². The average molecular weight is 368 g/mol. The molecule has 0 atom stereocenters. The number of rotatable bonds is 3. The molecule has 0 radical (unpaired) electrons. The van der Waals surface area contributed by atoms with Crippen LogP contribution in [0, 0.1) is 0 Å². The predicted molar refractivity (Wildman–Crippen MR) is 86.9 cm³/mol. The summed E-state index contributed by atoms with van der Waals surface area (Å²) < 4.78 is 38.7. The van der Waals surface area contributed by atoms with Crippen molar-refractivity contribution in [2.75, 3.05) is 5.43 Å². The molecule has 0 aliphatic rings. The third kappa shape index (κ3) is 3.61. The Labute approximate surface area is 143 Å². The molecule has 0 amide bonds. The monoisotopic (exact) mass is 367 g/mol. The standard InChI is InChI=1S/C15H9ClF3N5O/c16-13-10(14(25)24-6-2-1-3-12(24)22-13)8-21-23-11-5-4-9(7-20-11)15(17,18)19/h1-8H,(H,20,23). The predicted octanol–water partition coefficient (Wildman–Crippen LogP) is 3.21. The Hall–Kier alpha value is -2.94. The third-order valence-corrected chi connectivity index (χ3v) is 3.47. The number of fused-ring (bicyclic) bond motifs is 1. The fourth-order valence-electron chi connectivity index (χ4n) is 1.97. The van der Waals surface area contributed by atoms with E-state index in [1.54, 1.807) is 18.2 Å². The number of nitrogens with one attached hydrogen (secondary N) is 1. The fourth-order valence-corrected chi connectivity index (χ4v) is 2.19. The highest BCUT2D eigenvalue weighted by atomic mass is 35.5. The largest absolute Gasteiger partial charge is 0.417 e. The molecule has 0 saturated carbocycles. The van der Waals surface area contributed by atoms with E-state index in [-0.39, 0.29) is 16.5 Å². The Morgan fingerprint density at radius 1 is 1.24 bits per heavy atom. The topological polar surface area (TPSA) is 71.7 Å². The molecule has 0 aromatic carbocycles. The molecule has 10 heteroatoms.